The van der Waals surface area contributed by atoms with Crippen LogP contribution in [0.2, 0.25) is 0 Å². The summed E-state index contributed by atoms with van der Waals surface area (Å²) in [6, 6.07) is 3.48. The predicted molar refractivity (Wildman–Crippen MR) is 71.9 cm³/mol. The highest BCUT2D eigenvalue weighted by molar-refractivity contribution is 5.95. The maximum absolute atomic E-state index is 12.7. The van der Waals surface area contributed by atoms with E-state index in [1.807, 2.05) is 27.7 Å². The van der Waals surface area contributed by atoms with E-state index in [9.17, 15) is 10.4 Å². The Kier molecular flexibility index (Phi) is 3.26. The fourth-order valence-corrected chi connectivity index (χ4v) is 2.77. The molecule has 0 saturated carbocycles. The first-order valence-electron chi connectivity index (χ1n) is 6.64. The van der Waals surface area contributed by atoms with Crippen molar-refractivity contribution in [2.45, 2.75) is 51.6 Å². The lowest BCUT2D eigenvalue weighted by Crippen LogP contribution is -2.56. The summed E-state index contributed by atoms with van der Waals surface area (Å²) in [6.07, 6.45) is 4.41. The Morgan fingerprint density at radius 1 is 1.37 bits per heavy atom. The molecule has 2 atom stereocenters. The quantitative estimate of drug-likeness (QED) is 0.620. The molecule has 0 fully saturated rings. The van der Waals surface area contributed by atoms with Crippen molar-refractivity contribution < 1.29 is 9.95 Å². The number of hydroxylamine groups is 3. The van der Waals surface area contributed by atoms with Gasteiger partial charge in [0, 0.05) is 17.6 Å². The zero-order chi connectivity index (χ0) is 14.3. The van der Waals surface area contributed by atoms with Crippen LogP contribution in [0.3, 0.4) is 0 Å². The maximum Gasteiger partial charge on any atom is 0.318 e. The van der Waals surface area contributed by atoms with Gasteiger partial charge in [0.1, 0.15) is 0 Å². The molecule has 5 heteroatoms. The van der Waals surface area contributed by atoms with E-state index in [1.165, 1.54) is 0 Å². The van der Waals surface area contributed by atoms with Crippen molar-refractivity contribution in [2.75, 3.05) is 0 Å². The number of amidine groups is 1. The van der Waals surface area contributed by atoms with Crippen LogP contribution in [0.4, 0.5) is 0 Å². The van der Waals surface area contributed by atoms with E-state index in [-0.39, 0.29) is 5.84 Å². The second kappa shape index (κ2) is 4.49. The van der Waals surface area contributed by atoms with Gasteiger partial charge in [0.15, 0.2) is 11.1 Å². The number of hydrogen-bond acceptors (Lipinski definition) is 3. The third kappa shape index (κ3) is 1.64. The van der Waals surface area contributed by atoms with E-state index < -0.39 is 11.1 Å². The number of nitrogens with zero attached hydrogens (tertiary/aromatic N) is 3. The summed E-state index contributed by atoms with van der Waals surface area (Å²) in [5, 5.41) is 26.2. The number of pyridine rings is 1. The standard InChI is InChI=1S/C14H20N3O2/c1-5-13(3)14(4,6-2)17(19)12(16(13)18)11-8-7-9-15-10-11/h7-10H,5-6H2,1-4H3/t13-,14-/m0/s1. The molecular formula is C14H20N3O2. The molecule has 0 spiro atoms. The molecule has 1 aromatic heterocycles. The molecule has 1 radical (unpaired) electrons. The minimum Gasteiger partial charge on any atom is -0.714 e. The van der Waals surface area contributed by atoms with Crippen LogP contribution in [0.25, 0.3) is 0 Å². The van der Waals surface area contributed by atoms with Gasteiger partial charge in [0.2, 0.25) is 0 Å². The molecule has 0 aliphatic carbocycles. The number of aromatic nitrogens is 1. The molecule has 0 unspecified atom stereocenters. The molecule has 1 aliphatic heterocycles. The van der Waals surface area contributed by atoms with Crippen molar-refractivity contribution in [2.24, 2.45) is 0 Å². The van der Waals surface area contributed by atoms with Crippen molar-refractivity contribution in [3.05, 3.63) is 35.3 Å². The van der Waals surface area contributed by atoms with Crippen LogP contribution in [-0.4, -0.2) is 31.7 Å². The lowest BCUT2D eigenvalue weighted by atomic mass is 9.77. The summed E-state index contributed by atoms with van der Waals surface area (Å²) >= 11 is 0. The van der Waals surface area contributed by atoms with Gasteiger partial charge < -0.3 is 5.21 Å². The predicted octanol–water partition coefficient (Wildman–Crippen LogP) is 2.34. The van der Waals surface area contributed by atoms with E-state index >= 15 is 0 Å². The highest BCUT2D eigenvalue weighted by Gasteiger charge is 2.63. The van der Waals surface area contributed by atoms with Gasteiger partial charge in [-0.05, 0) is 38.8 Å². The molecule has 0 N–H and O–H groups in total. The average Bonchev–Trinajstić information content (AvgIpc) is 2.60. The van der Waals surface area contributed by atoms with Gasteiger partial charge in [0.25, 0.3) is 0 Å². The molecular weight excluding hydrogens is 242 g/mol. The first-order valence-corrected chi connectivity index (χ1v) is 6.64. The smallest absolute Gasteiger partial charge is 0.318 e. The topological polar surface area (TPSA) is 62.1 Å². The van der Waals surface area contributed by atoms with Crippen molar-refractivity contribution in [3.8, 4) is 0 Å². The van der Waals surface area contributed by atoms with Gasteiger partial charge in [-0.3, -0.25) is 9.72 Å². The van der Waals surface area contributed by atoms with Crippen LogP contribution in [0.15, 0.2) is 24.5 Å². The van der Waals surface area contributed by atoms with Gasteiger partial charge in [0.05, 0.1) is 5.56 Å². The molecule has 1 aromatic rings. The summed E-state index contributed by atoms with van der Waals surface area (Å²) in [5.74, 6) is 0.168. The molecule has 0 aromatic carbocycles. The van der Waals surface area contributed by atoms with Gasteiger partial charge >= 0.3 is 5.84 Å². The second-order valence-corrected chi connectivity index (χ2v) is 5.41. The molecule has 0 bridgehead atoms. The molecule has 103 valence electrons. The van der Waals surface area contributed by atoms with E-state index in [0.29, 0.717) is 18.4 Å². The van der Waals surface area contributed by atoms with Crippen LogP contribution < -0.4 is 0 Å². The van der Waals surface area contributed by atoms with Crippen LogP contribution in [-0.2, 0) is 5.21 Å². The Morgan fingerprint density at radius 2 is 2.05 bits per heavy atom. The Bertz CT molecular complexity index is 503. The molecule has 2 heterocycles. The monoisotopic (exact) mass is 262 g/mol. The minimum absolute atomic E-state index is 0.168. The molecule has 0 saturated heterocycles. The SMILES string of the molecule is CC[C@]1(C)N([O])C(c2cccnc2)=[N+]([O-])[C@@]1(C)CC. The van der Waals surface area contributed by atoms with Crippen LogP contribution in [0, 0.1) is 5.21 Å². The Balaban J connectivity index is 2.62. The zero-order valence-corrected chi connectivity index (χ0v) is 11.9. The zero-order valence-electron chi connectivity index (χ0n) is 11.9. The minimum atomic E-state index is -0.728. The summed E-state index contributed by atoms with van der Waals surface area (Å²) < 4.78 is 0.876. The molecule has 1 aliphatic rings. The van der Waals surface area contributed by atoms with E-state index in [0.717, 1.165) is 9.80 Å². The van der Waals surface area contributed by atoms with Crippen LogP contribution in [0.1, 0.15) is 46.1 Å². The normalized spacial score (nSPS) is 31.1. The van der Waals surface area contributed by atoms with Crippen molar-refractivity contribution in [1.29, 1.82) is 0 Å². The summed E-state index contributed by atoms with van der Waals surface area (Å²) in [5.41, 5.74) is -0.882. The van der Waals surface area contributed by atoms with Crippen LogP contribution in [0.5, 0.6) is 0 Å². The van der Waals surface area contributed by atoms with E-state index in [4.69, 9.17) is 0 Å². The van der Waals surface area contributed by atoms with E-state index in [2.05, 4.69) is 4.98 Å². The summed E-state index contributed by atoms with van der Waals surface area (Å²) in [6.45, 7) is 7.60. The third-order valence-corrected chi connectivity index (χ3v) is 4.74. The Morgan fingerprint density at radius 3 is 2.47 bits per heavy atom. The Labute approximate surface area is 113 Å². The van der Waals surface area contributed by atoms with Gasteiger partial charge in [-0.1, -0.05) is 18.9 Å². The first kappa shape index (κ1) is 13.8. The number of rotatable bonds is 3. The summed E-state index contributed by atoms with van der Waals surface area (Å²) in [7, 11) is 0. The lowest BCUT2D eigenvalue weighted by Gasteiger charge is -2.37. The molecule has 0 amide bonds. The third-order valence-electron chi connectivity index (χ3n) is 4.74. The second-order valence-electron chi connectivity index (χ2n) is 5.41. The highest BCUT2D eigenvalue weighted by Crippen LogP contribution is 2.42. The lowest BCUT2D eigenvalue weighted by molar-refractivity contribution is -0.546. The first-order chi connectivity index (χ1) is 8.92. The van der Waals surface area contributed by atoms with Gasteiger partial charge in [-0.2, -0.15) is 0 Å². The Hall–Kier alpha value is -1.62. The fraction of sp³-hybridized carbons (Fsp3) is 0.571. The van der Waals surface area contributed by atoms with Crippen molar-refractivity contribution in [3.63, 3.8) is 0 Å². The average molecular weight is 262 g/mol. The number of hydrogen-bond donors (Lipinski definition) is 0. The van der Waals surface area contributed by atoms with Gasteiger partial charge in [-0.25, -0.2) is 0 Å². The van der Waals surface area contributed by atoms with Crippen molar-refractivity contribution in [1.82, 2.24) is 10.0 Å². The molecule has 5 nitrogen and oxygen atoms in total. The van der Waals surface area contributed by atoms with Gasteiger partial charge in [-0.15, -0.1) is 0 Å². The highest BCUT2D eigenvalue weighted by atomic mass is 16.5. The summed E-state index contributed by atoms with van der Waals surface area (Å²) in [4.78, 5) is 3.99. The fourth-order valence-electron chi connectivity index (χ4n) is 2.77. The van der Waals surface area contributed by atoms with Crippen LogP contribution >= 0.6 is 0 Å². The largest absolute Gasteiger partial charge is 0.714 e. The maximum atomic E-state index is 12.7. The molecule has 2 rings (SSSR count). The van der Waals surface area contributed by atoms with Crippen molar-refractivity contribution >= 4 is 5.84 Å². The molecule has 19 heavy (non-hydrogen) atoms. The van der Waals surface area contributed by atoms with E-state index in [1.54, 1.807) is 24.5 Å².